The van der Waals surface area contributed by atoms with Crippen LogP contribution in [0.2, 0.25) is 0 Å². The number of hydrogen-bond acceptors (Lipinski definition) is 15. The number of hydrogen-bond donors (Lipinski definition) is 9. The van der Waals surface area contributed by atoms with Crippen LogP contribution in [0.25, 0.3) is 0 Å². The monoisotopic (exact) mass is 703 g/mol. The largest absolute Gasteiger partial charge is 0.504 e. The zero-order valence-corrected chi connectivity index (χ0v) is 26.7. The van der Waals surface area contributed by atoms with Gasteiger partial charge in [0.2, 0.25) is 24.1 Å². The maximum absolute atomic E-state index is 13.2. The maximum Gasteiger partial charge on any atom is 0.344 e. The highest BCUT2D eigenvalue weighted by Crippen LogP contribution is 2.46. The summed E-state index contributed by atoms with van der Waals surface area (Å²) in [6.45, 7) is -0.327. The summed E-state index contributed by atoms with van der Waals surface area (Å²) in [5, 5.41) is 76.0. The number of aromatic carboxylic acids is 1. The van der Waals surface area contributed by atoms with Crippen molar-refractivity contribution in [3.05, 3.63) is 71.3 Å². The molecule has 1 heterocycles. The molecule has 270 valence electrons. The van der Waals surface area contributed by atoms with E-state index in [1.165, 1.54) is 14.2 Å². The first-order chi connectivity index (χ1) is 23.9. The zero-order chi connectivity index (χ0) is 36.5. The smallest absolute Gasteiger partial charge is 0.344 e. The SMILES string of the molecule is CN=C(N)NCOc1cc(C(=O)O)ccc1OC1OC(C(O)OC(=O)c2cc(OC)c(O)c(OCCc3ccccc3)c2O)C(O)C(O)C1O. The number of nitrogens with two attached hydrogens (primary N) is 1. The predicted molar refractivity (Wildman–Crippen MR) is 170 cm³/mol. The average Bonchev–Trinajstić information content (AvgIpc) is 3.10. The first-order valence-corrected chi connectivity index (χ1v) is 14.9. The molecule has 1 aliphatic heterocycles. The van der Waals surface area contributed by atoms with Gasteiger partial charge in [-0.15, -0.1) is 0 Å². The van der Waals surface area contributed by atoms with Crippen LogP contribution in [0.5, 0.6) is 34.5 Å². The van der Waals surface area contributed by atoms with Gasteiger partial charge in [0.05, 0.1) is 19.3 Å². The molecule has 1 fully saturated rings. The van der Waals surface area contributed by atoms with Crippen molar-refractivity contribution >= 4 is 17.9 Å². The van der Waals surface area contributed by atoms with Gasteiger partial charge in [-0.3, -0.25) is 4.99 Å². The number of carbonyl (C=O) groups is 2. The van der Waals surface area contributed by atoms with Crippen molar-refractivity contribution in [1.82, 2.24) is 5.32 Å². The fraction of sp³-hybridized carbons (Fsp3) is 0.344. The Morgan fingerprint density at radius 2 is 1.68 bits per heavy atom. The van der Waals surface area contributed by atoms with Gasteiger partial charge in [0.25, 0.3) is 0 Å². The van der Waals surface area contributed by atoms with Crippen LogP contribution in [0.15, 0.2) is 59.6 Å². The van der Waals surface area contributed by atoms with Crippen LogP contribution in [0, 0.1) is 0 Å². The zero-order valence-electron chi connectivity index (χ0n) is 26.7. The lowest BCUT2D eigenvalue weighted by atomic mass is 9.98. The van der Waals surface area contributed by atoms with E-state index in [2.05, 4.69) is 10.3 Å². The molecule has 0 radical (unpaired) electrons. The Bertz CT molecular complexity index is 1670. The number of aliphatic hydroxyl groups excluding tert-OH is 4. The molecular weight excluding hydrogens is 666 g/mol. The summed E-state index contributed by atoms with van der Waals surface area (Å²) < 4.78 is 32.3. The Hall–Kier alpha value is -5.53. The van der Waals surface area contributed by atoms with Crippen LogP contribution < -0.4 is 30.0 Å². The molecule has 3 aromatic carbocycles. The number of aliphatic hydroxyl groups is 4. The second-order valence-corrected chi connectivity index (χ2v) is 10.6. The summed E-state index contributed by atoms with van der Waals surface area (Å²) in [6, 6.07) is 13.5. The lowest BCUT2D eigenvalue weighted by molar-refractivity contribution is -0.309. The maximum atomic E-state index is 13.2. The topological polar surface area (TPSA) is 282 Å². The molecule has 0 aliphatic carbocycles. The number of nitrogens with one attached hydrogen (secondary N) is 1. The standard InChI is InChI=1S/C32H37N3O15/c1-34-32(33)35-14-47-19-12-16(28(41)42)8-9-18(19)48-31-25(40)23(38)24(39)27(49-31)30(44)50-29(43)17-13-20(45-2)22(37)26(21(17)36)46-11-10-15-6-4-3-5-7-15/h3-9,12-13,23-25,27,30-31,36-40,44H,10-11,14H2,1-2H3,(H,41,42)(H3,33,34,35). The number of carboxylic acids is 1. The van der Waals surface area contributed by atoms with E-state index in [-0.39, 0.29) is 42.1 Å². The van der Waals surface area contributed by atoms with E-state index in [1.54, 1.807) is 0 Å². The number of phenolic OH excluding ortho intramolecular Hbond substituents is 2. The van der Waals surface area contributed by atoms with Crippen LogP contribution in [-0.2, 0) is 15.9 Å². The highest BCUT2D eigenvalue weighted by molar-refractivity contribution is 5.95. The Kier molecular flexibility index (Phi) is 12.5. The highest BCUT2D eigenvalue weighted by atomic mass is 16.7. The van der Waals surface area contributed by atoms with Crippen molar-refractivity contribution in [2.24, 2.45) is 10.7 Å². The van der Waals surface area contributed by atoms with Crippen LogP contribution in [0.3, 0.4) is 0 Å². The van der Waals surface area contributed by atoms with E-state index in [9.17, 15) is 45.3 Å². The van der Waals surface area contributed by atoms with E-state index in [0.29, 0.717) is 6.42 Å². The summed E-state index contributed by atoms with van der Waals surface area (Å²) in [7, 11) is 2.59. The molecule has 0 amide bonds. The number of nitrogens with zero attached hydrogens (tertiary/aromatic N) is 1. The molecule has 6 atom stereocenters. The Labute approximate surface area is 284 Å². The molecule has 0 bridgehead atoms. The summed E-state index contributed by atoms with van der Waals surface area (Å²) in [5.41, 5.74) is 5.64. The minimum atomic E-state index is -2.35. The minimum Gasteiger partial charge on any atom is -0.504 e. The van der Waals surface area contributed by atoms with Gasteiger partial charge in [0.15, 0.2) is 41.8 Å². The highest BCUT2D eigenvalue weighted by Gasteiger charge is 2.49. The van der Waals surface area contributed by atoms with Gasteiger partial charge >= 0.3 is 11.9 Å². The van der Waals surface area contributed by atoms with Crippen molar-refractivity contribution < 1.29 is 73.8 Å². The second-order valence-electron chi connectivity index (χ2n) is 10.6. The second kappa shape index (κ2) is 16.7. The molecule has 18 heteroatoms. The number of esters is 1. The number of aromatic hydroxyl groups is 2. The summed E-state index contributed by atoms with van der Waals surface area (Å²) in [5.74, 6) is -5.34. The average molecular weight is 704 g/mol. The number of guanidine groups is 1. The molecule has 50 heavy (non-hydrogen) atoms. The quantitative estimate of drug-likeness (QED) is 0.0449. The van der Waals surface area contributed by atoms with Crippen LogP contribution in [-0.4, -0.2) is 118 Å². The third-order valence-electron chi connectivity index (χ3n) is 7.38. The number of benzene rings is 3. The molecule has 0 saturated carbocycles. The Morgan fingerprint density at radius 1 is 0.960 bits per heavy atom. The number of aliphatic imine (C=N–C) groups is 1. The van der Waals surface area contributed by atoms with E-state index < -0.39 is 71.7 Å². The van der Waals surface area contributed by atoms with Gasteiger partial charge in [0, 0.05) is 19.5 Å². The molecule has 1 saturated heterocycles. The van der Waals surface area contributed by atoms with E-state index in [1.807, 2.05) is 30.3 Å². The summed E-state index contributed by atoms with van der Waals surface area (Å²) >= 11 is 0. The third-order valence-corrected chi connectivity index (χ3v) is 7.38. The number of carboxylic acid groups (broad SMARTS) is 1. The van der Waals surface area contributed by atoms with Crippen LogP contribution in [0.4, 0.5) is 0 Å². The number of methoxy groups -OCH3 is 1. The Balaban J connectivity index is 1.51. The lowest BCUT2D eigenvalue weighted by Crippen LogP contribution is -2.62. The first-order valence-electron chi connectivity index (χ1n) is 14.9. The van der Waals surface area contributed by atoms with Gasteiger partial charge < -0.3 is 75.2 Å². The molecule has 6 unspecified atom stereocenters. The fourth-order valence-electron chi connectivity index (χ4n) is 4.67. The van der Waals surface area contributed by atoms with E-state index in [0.717, 1.165) is 29.8 Å². The molecule has 18 nitrogen and oxygen atoms in total. The van der Waals surface area contributed by atoms with Crippen LogP contribution >= 0.6 is 0 Å². The van der Waals surface area contributed by atoms with E-state index >= 15 is 0 Å². The first kappa shape index (κ1) is 37.3. The molecule has 3 aromatic rings. The number of rotatable bonds is 14. The number of carbonyl (C=O) groups excluding carboxylic acids is 1. The predicted octanol–water partition coefficient (Wildman–Crippen LogP) is -0.342. The molecule has 0 aromatic heterocycles. The van der Waals surface area contributed by atoms with Gasteiger partial charge in [-0.2, -0.15) is 0 Å². The fourth-order valence-corrected chi connectivity index (χ4v) is 4.67. The van der Waals surface area contributed by atoms with Gasteiger partial charge in [-0.05, 0) is 23.8 Å². The van der Waals surface area contributed by atoms with Gasteiger partial charge in [-0.25, -0.2) is 9.59 Å². The number of ether oxygens (including phenoxy) is 6. The molecular formula is C32H37N3O15. The van der Waals surface area contributed by atoms with Crippen LogP contribution in [0.1, 0.15) is 26.3 Å². The normalized spacial score (nSPS) is 21.1. The minimum absolute atomic E-state index is 0.00209. The van der Waals surface area contributed by atoms with Crippen molar-refractivity contribution in [2.45, 2.75) is 43.4 Å². The van der Waals surface area contributed by atoms with Crippen molar-refractivity contribution in [3.8, 4) is 34.5 Å². The summed E-state index contributed by atoms with van der Waals surface area (Å²) in [6.07, 6.45) is -11.8. The molecule has 10 N–H and O–H groups in total. The third kappa shape index (κ3) is 8.73. The van der Waals surface area contributed by atoms with Crippen molar-refractivity contribution in [3.63, 3.8) is 0 Å². The summed E-state index contributed by atoms with van der Waals surface area (Å²) in [4.78, 5) is 28.4. The van der Waals surface area contributed by atoms with Crippen molar-refractivity contribution in [2.75, 3.05) is 27.5 Å². The number of phenols is 2. The molecule has 1 aliphatic rings. The van der Waals surface area contributed by atoms with Crippen molar-refractivity contribution in [1.29, 1.82) is 0 Å². The van der Waals surface area contributed by atoms with Gasteiger partial charge in [-0.1, -0.05) is 30.3 Å². The van der Waals surface area contributed by atoms with Gasteiger partial charge in [0.1, 0.15) is 23.9 Å². The lowest BCUT2D eigenvalue weighted by Gasteiger charge is -2.41. The molecule has 4 rings (SSSR count). The molecule has 0 spiro atoms. The van der Waals surface area contributed by atoms with E-state index in [4.69, 9.17) is 34.2 Å². The Morgan fingerprint density at radius 3 is 2.34 bits per heavy atom.